The Morgan fingerprint density at radius 2 is 2.25 bits per heavy atom. The largest absolute Gasteiger partial charge is 0.493 e. The molecule has 0 radical (unpaired) electrons. The zero-order chi connectivity index (χ0) is 16.4. The Bertz CT molecular complexity index is 735. The summed E-state index contributed by atoms with van der Waals surface area (Å²) in [5, 5.41) is 3.06. The van der Waals surface area contributed by atoms with Crippen molar-refractivity contribution < 1.29 is 14.3 Å². The third-order valence-corrected chi connectivity index (χ3v) is 4.53. The molecule has 3 heterocycles. The molecule has 126 valence electrons. The highest BCUT2D eigenvalue weighted by atomic mass is 16.5. The Morgan fingerprint density at radius 3 is 3.12 bits per heavy atom. The summed E-state index contributed by atoms with van der Waals surface area (Å²) in [5.41, 5.74) is 2.54. The van der Waals surface area contributed by atoms with Gasteiger partial charge in [0.1, 0.15) is 5.75 Å². The van der Waals surface area contributed by atoms with Gasteiger partial charge in [-0.15, -0.1) is 0 Å². The zero-order valence-electron chi connectivity index (χ0n) is 13.5. The number of imidazole rings is 1. The second-order valence-corrected chi connectivity index (χ2v) is 6.27. The van der Waals surface area contributed by atoms with Crippen molar-refractivity contribution in [3.63, 3.8) is 0 Å². The van der Waals surface area contributed by atoms with E-state index >= 15 is 0 Å². The molecule has 0 aliphatic carbocycles. The molecule has 24 heavy (non-hydrogen) atoms. The van der Waals surface area contributed by atoms with E-state index in [1.54, 1.807) is 0 Å². The quantitative estimate of drug-likeness (QED) is 0.919. The molecule has 1 N–H and O–H groups in total. The maximum Gasteiger partial charge on any atom is 0.251 e. The second kappa shape index (κ2) is 6.65. The lowest BCUT2D eigenvalue weighted by Crippen LogP contribution is -2.40. The maximum absolute atomic E-state index is 12.6. The lowest BCUT2D eigenvalue weighted by atomic mass is 10.0. The number of nitrogens with one attached hydrogen (secondary N) is 1. The minimum absolute atomic E-state index is 0.0681. The van der Waals surface area contributed by atoms with Crippen molar-refractivity contribution in [1.82, 2.24) is 14.9 Å². The first-order chi connectivity index (χ1) is 11.8. The van der Waals surface area contributed by atoms with Crippen LogP contribution in [0.3, 0.4) is 0 Å². The molecule has 0 unspecified atom stereocenters. The molecule has 1 fully saturated rings. The summed E-state index contributed by atoms with van der Waals surface area (Å²) in [4.78, 5) is 16.8. The van der Waals surface area contributed by atoms with Crippen LogP contribution in [-0.2, 0) is 11.3 Å². The molecule has 1 saturated heterocycles. The van der Waals surface area contributed by atoms with Crippen molar-refractivity contribution in [1.29, 1.82) is 0 Å². The van der Waals surface area contributed by atoms with Gasteiger partial charge in [-0.1, -0.05) is 0 Å². The first-order valence-electron chi connectivity index (χ1n) is 8.47. The highest BCUT2D eigenvalue weighted by Crippen LogP contribution is 2.32. The van der Waals surface area contributed by atoms with Crippen LogP contribution in [0.4, 0.5) is 0 Å². The number of carbonyl (C=O) groups excluding carboxylic acids is 1. The molecular formula is C18H21N3O3. The normalized spacial score (nSPS) is 20.1. The van der Waals surface area contributed by atoms with Crippen molar-refractivity contribution in [3.05, 3.63) is 36.3 Å². The first-order valence-corrected chi connectivity index (χ1v) is 8.47. The molecule has 4 rings (SSSR count). The number of rotatable bonds is 2. The van der Waals surface area contributed by atoms with Gasteiger partial charge in [0.25, 0.3) is 5.91 Å². The van der Waals surface area contributed by atoms with Crippen molar-refractivity contribution in [2.45, 2.75) is 31.8 Å². The third-order valence-electron chi connectivity index (χ3n) is 4.53. The predicted octanol–water partition coefficient (Wildman–Crippen LogP) is 2.24. The molecule has 0 saturated carbocycles. The number of benzene rings is 1. The van der Waals surface area contributed by atoms with E-state index in [1.165, 1.54) is 0 Å². The van der Waals surface area contributed by atoms with Crippen LogP contribution in [0.1, 0.15) is 29.6 Å². The first kappa shape index (κ1) is 15.2. The molecule has 1 amide bonds. The second-order valence-electron chi connectivity index (χ2n) is 6.27. The van der Waals surface area contributed by atoms with E-state index < -0.39 is 0 Å². The van der Waals surface area contributed by atoms with Gasteiger partial charge in [0, 0.05) is 24.3 Å². The van der Waals surface area contributed by atoms with E-state index in [0.717, 1.165) is 49.4 Å². The Labute approximate surface area is 140 Å². The summed E-state index contributed by atoms with van der Waals surface area (Å²) in [5.74, 6) is 0.732. The smallest absolute Gasteiger partial charge is 0.251 e. The number of aromatic nitrogens is 2. The van der Waals surface area contributed by atoms with E-state index in [0.29, 0.717) is 18.8 Å². The minimum Gasteiger partial charge on any atom is -0.493 e. The van der Waals surface area contributed by atoms with Gasteiger partial charge in [-0.25, -0.2) is 4.98 Å². The highest BCUT2D eigenvalue weighted by Gasteiger charge is 2.20. The van der Waals surface area contributed by atoms with E-state index in [1.807, 2.05) is 30.7 Å². The number of hydrogen-bond acceptors (Lipinski definition) is 4. The highest BCUT2D eigenvalue weighted by molar-refractivity contribution is 5.96. The molecule has 1 aromatic carbocycles. The Hall–Kier alpha value is -2.34. The SMILES string of the molecule is O=C(N[C@@H]1CCCOC1)c1ccc2c(c1)-c1cncn1CCCO2. The average Bonchev–Trinajstić information content (AvgIpc) is 3.05. The third kappa shape index (κ3) is 3.01. The van der Waals surface area contributed by atoms with Gasteiger partial charge in [0.05, 0.1) is 37.5 Å². The zero-order valence-corrected chi connectivity index (χ0v) is 13.5. The van der Waals surface area contributed by atoms with Crippen LogP contribution in [0.5, 0.6) is 5.75 Å². The number of aryl methyl sites for hydroxylation is 1. The Morgan fingerprint density at radius 1 is 1.29 bits per heavy atom. The van der Waals surface area contributed by atoms with Crippen LogP contribution in [0, 0.1) is 0 Å². The van der Waals surface area contributed by atoms with Gasteiger partial charge in [0.2, 0.25) is 0 Å². The van der Waals surface area contributed by atoms with Crippen LogP contribution < -0.4 is 10.1 Å². The van der Waals surface area contributed by atoms with E-state index in [9.17, 15) is 4.79 Å². The molecule has 1 atom stereocenters. The summed E-state index contributed by atoms with van der Waals surface area (Å²) in [6.45, 7) is 2.90. The van der Waals surface area contributed by atoms with Crippen LogP contribution in [-0.4, -0.2) is 41.3 Å². The summed E-state index contributed by atoms with van der Waals surface area (Å²) in [7, 11) is 0. The Balaban J connectivity index is 1.62. The van der Waals surface area contributed by atoms with Gasteiger partial charge < -0.3 is 19.4 Å². The molecular weight excluding hydrogens is 306 g/mol. The molecule has 1 aromatic heterocycles. The van der Waals surface area contributed by atoms with Crippen molar-refractivity contribution in [2.75, 3.05) is 19.8 Å². The minimum atomic E-state index is -0.0681. The lowest BCUT2D eigenvalue weighted by Gasteiger charge is -2.23. The topological polar surface area (TPSA) is 65.4 Å². The molecule has 6 heteroatoms. The van der Waals surface area contributed by atoms with Gasteiger partial charge in [-0.2, -0.15) is 0 Å². The summed E-state index contributed by atoms with van der Waals surface area (Å²) < 4.78 is 13.4. The lowest BCUT2D eigenvalue weighted by molar-refractivity contribution is 0.0624. The maximum atomic E-state index is 12.6. The van der Waals surface area contributed by atoms with Crippen molar-refractivity contribution in [3.8, 4) is 17.0 Å². The van der Waals surface area contributed by atoms with E-state index in [2.05, 4.69) is 14.9 Å². The number of hydrogen-bond donors (Lipinski definition) is 1. The molecule has 0 bridgehead atoms. The monoisotopic (exact) mass is 327 g/mol. The average molecular weight is 327 g/mol. The standard InChI is InChI=1S/C18H21N3O3/c22-18(20-14-3-1-7-23-11-14)13-4-5-17-15(9-13)16-10-19-12-21(16)6-2-8-24-17/h4-5,9-10,12,14H,1-3,6-8,11H2,(H,20,22)/t14-/m1/s1. The number of fused-ring (bicyclic) bond motifs is 3. The number of amides is 1. The number of ether oxygens (including phenoxy) is 2. The van der Waals surface area contributed by atoms with Crippen LogP contribution in [0.2, 0.25) is 0 Å². The summed E-state index contributed by atoms with van der Waals surface area (Å²) in [6, 6.07) is 5.69. The van der Waals surface area contributed by atoms with E-state index in [-0.39, 0.29) is 11.9 Å². The van der Waals surface area contributed by atoms with Gasteiger partial charge in [0.15, 0.2) is 0 Å². The number of carbonyl (C=O) groups is 1. The molecule has 0 spiro atoms. The molecule has 2 aliphatic rings. The van der Waals surface area contributed by atoms with Crippen molar-refractivity contribution in [2.24, 2.45) is 0 Å². The fraction of sp³-hybridized carbons (Fsp3) is 0.444. The van der Waals surface area contributed by atoms with Gasteiger partial charge >= 0.3 is 0 Å². The van der Waals surface area contributed by atoms with E-state index in [4.69, 9.17) is 9.47 Å². The van der Waals surface area contributed by atoms with Crippen LogP contribution >= 0.6 is 0 Å². The van der Waals surface area contributed by atoms with Gasteiger partial charge in [-0.3, -0.25) is 4.79 Å². The fourth-order valence-corrected chi connectivity index (χ4v) is 3.26. The predicted molar refractivity (Wildman–Crippen MR) is 89.1 cm³/mol. The molecule has 2 aliphatic heterocycles. The Kier molecular flexibility index (Phi) is 4.21. The summed E-state index contributed by atoms with van der Waals surface area (Å²) in [6.07, 6.45) is 6.54. The van der Waals surface area contributed by atoms with Crippen molar-refractivity contribution >= 4 is 5.91 Å². The molecule has 6 nitrogen and oxygen atoms in total. The van der Waals surface area contributed by atoms with Crippen LogP contribution in [0.15, 0.2) is 30.7 Å². The molecule has 2 aromatic rings. The summed E-state index contributed by atoms with van der Waals surface area (Å²) >= 11 is 0. The van der Waals surface area contributed by atoms with Crippen LogP contribution in [0.25, 0.3) is 11.3 Å². The number of nitrogens with zero attached hydrogens (tertiary/aromatic N) is 2. The van der Waals surface area contributed by atoms with Gasteiger partial charge in [-0.05, 0) is 37.5 Å². The fourth-order valence-electron chi connectivity index (χ4n) is 3.26.